The fourth-order valence-corrected chi connectivity index (χ4v) is 2.28. The highest BCUT2D eigenvalue weighted by molar-refractivity contribution is 5.92. The number of nitrogens with zero attached hydrogens (tertiary/aromatic N) is 1. The Morgan fingerprint density at radius 2 is 1.83 bits per heavy atom. The lowest BCUT2D eigenvalue weighted by molar-refractivity contribution is -0.144. The number of esters is 2. The van der Waals surface area contributed by atoms with Crippen molar-refractivity contribution in [1.29, 1.82) is 0 Å². The second kappa shape index (κ2) is 9.66. The molecule has 1 rings (SSSR count). The Morgan fingerprint density at radius 1 is 1.17 bits per heavy atom. The molecule has 0 spiro atoms. The van der Waals surface area contributed by atoms with Gasteiger partial charge in [-0.2, -0.15) is 0 Å². The van der Waals surface area contributed by atoms with Crippen LogP contribution < -0.4 is 5.32 Å². The standard InChI is InChI=1S/C15H22N2O7/c1-10(18)17-9-11(24-14(20)5-4-13(19)23-3)8-12(17)15(21)16-6-7-22-2/h4-5,11-12H,6-9H2,1-3H3,(H,16,21)/b5-4+/t11-,12+/m1/s1. The lowest BCUT2D eigenvalue weighted by Crippen LogP contribution is -2.45. The van der Waals surface area contributed by atoms with E-state index in [-0.39, 0.29) is 24.8 Å². The van der Waals surface area contributed by atoms with Crippen molar-refractivity contribution in [1.82, 2.24) is 10.2 Å². The molecule has 9 heteroatoms. The van der Waals surface area contributed by atoms with Crippen LogP contribution in [0, 0.1) is 0 Å². The van der Waals surface area contributed by atoms with Gasteiger partial charge in [0.15, 0.2) is 0 Å². The van der Waals surface area contributed by atoms with E-state index in [1.165, 1.54) is 26.0 Å². The number of nitrogens with one attached hydrogen (secondary N) is 1. The Hall–Kier alpha value is -2.42. The molecular weight excluding hydrogens is 320 g/mol. The van der Waals surface area contributed by atoms with Gasteiger partial charge in [0.25, 0.3) is 0 Å². The molecule has 0 aromatic carbocycles. The van der Waals surface area contributed by atoms with Gasteiger partial charge >= 0.3 is 11.9 Å². The van der Waals surface area contributed by atoms with Crippen molar-refractivity contribution in [3.8, 4) is 0 Å². The molecule has 1 fully saturated rings. The molecule has 1 aliphatic heterocycles. The summed E-state index contributed by atoms with van der Waals surface area (Å²) in [4.78, 5) is 47.8. The van der Waals surface area contributed by atoms with E-state index in [9.17, 15) is 19.2 Å². The van der Waals surface area contributed by atoms with Gasteiger partial charge in [-0.05, 0) is 0 Å². The fraction of sp³-hybridized carbons (Fsp3) is 0.600. The van der Waals surface area contributed by atoms with Gasteiger partial charge < -0.3 is 24.4 Å². The van der Waals surface area contributed by atoms with Crippen LogP contribution in [0.3, 0.4) is 0 Å². The Kier molecular flexibility index (Phi) is 7.90. The summed E-state index contributed by atoms with van der Waals surface area (Å²) in [6, 6.07) is -0.707. The smallest absolute Gasteiger partial charge is 0.331 e. The van der Waals surface area contributed by atoms with Gasteiger partial charge in [0.2, 0.25) is 11.8 Å². The molecule has 0 radical (unpaired) electrons. The van der Waals surface area contributed by atoms with Gasteiger partial charge in [-0.15, -0.1) is 0 Å². The van der Waals surface area contributed by atoms with E-state index < -0.39 is 24.1 Å². The van der Waals surface area contributed by atoms with Crippen molar-refractivity contribution < 1.29 is 33.4 Å². The van der Waals surface area contributed by atoms with Crippen molar-refractivity contribution in [3.63, 3.8) is 0 Å². The predicted octanol–water partition coefficient (Wildman–Crippen LogP) is -0.989. The van der Waals surface area contributed by atoms with E-state index in [0.717, 1.165) is 12.2 Å². The summed E-state index contributed by atoms with van der Waals surface area (Å²) in [6.45, 7) is 2.14. The second-order valence-corrected chi connectivity index (χ2v) is 5.12. The molecule has 9 nitrogen and oxygen atoms in total. The number of rotatable bonds is 7. The third-order valence-electron chi connectivity index (χ3n) is 3.41. The first-order chi connectivity index (χ1) is 11.4. The highest BCUT2D eigenvalue weighted by Crippen LogP contribution is 2.21. The average molecular weight is 342 g/mol. The van der Waals surface area contributed by atoms with Crippen LogP contribution in [0.4, 0.5) is 0 Å². The van der Waals surface area contributed by atoms with E-state index in [1.807, 2.05) is 0 Å². The van der Waals surface area contributed by atoms with Crippen LogP contribution in [-0.4, -0.2) is 74.7 Å². The summed E-state index contributed by atoms with van der Waals surface area (Å²) in [5, 5.41) is 2.66. The van der Waals surface area contributed by atoms with Gasteiger partial charge in [0, 0.05) is 39.2 Å². The summed E-state index contributed by atoms with van der Waals surface area (Å²) in [7, 11) is 2.70. The van der Waals surface area contributed by atoms with Crippen LogP contribution in [0.1, 0.15) is 13.3 Å². The number of ether oxygens (including phenoxy) is 3. The van der Waals surface area contributed by atoms with Crippen LogP contribution in [0.25, 0.3) is 0 Å². The van der Waals surface area contributed by atoms with Crippen LogP contribution in [0.5, 0.6) is 0 Å². The molecule has 1 aliphatic rings. The summed E-state index contributed by atoms with van der Waals surface area (Å²) in [6.07, 6.45) is 1.45. The van der Waals surface area contributed by atoms with Gasteiger partial charge in [-0.1, -0.05) is 0 Å². The zero-order valence-electron chi connectivity index (χ0n) is 13.9. The molecule has 0 aromatic rings. The quantitative estimate of drug-likeness (QED) is 0.359. The summed E-state index contributed by atoms with van der Waals surface area (Å²) in [5.41, 5.74) is 0. The lowest BCUT2D eigenvalue weighted by Gasteiger charge is -2.21. The van der Waals surface area contributed by atoms with Crippen LogP contribution in [0.2, 0.25) is 0 Å². The topological polar surface area (TPSA) is 111 Å². The zero-order chi connectivity index (χ0) is 18.1. The highest BCUT2D eigenvalue weighted by Gasteiger charge is 2.39. The van der Waals surface area contributed by atoms with Crippen LogP contribution in [0.15, 0.2) is 12.2 Å². The fourth-order valence-electron chi connectivity index (χ4n) is 2.28. The van der Waals surface area contributed by atoms with Gasteiger partial charge in [-0.25, -0.2) is 9.59 Å². The van der Waals surface area contributed by atoms with Crippen molar-refractivity contribution >= 4 is 23.8 Å². The molecule has 0 bridgehead atoms. The van der Waals surface area contributed by atoms with E-state index in [4.69, 9.17) is 9.47 Å². The molecule has 0 saturated carbocycles. The van der Waals surface area contributed by atoms with Crippen molar-refractivity contribution in [2.24, 2.45) is 0 Å². The van der Waals surface area contributed by atoms with Gasteiger partial charge in [0.05, 0.1) is 20.3 Å². The first-order valence-electron chi connectivity index (χ1n) is 7.39. The first-order valence-corrected chi connectivity index (χ1v) is 7.39. The number of likely N-dealkylation sites (tertiary alicyclic amines) is 1. The molecule has 0 aliphatic carbocycles. The maximum atomic E-state index is 12.1. The molecule has 2 amide bonds. The molecule has 1 heterocycles. The third-order valence-corrected chi connectivity index (χ3v) is 3.41. The molecule has 2 atom stereocenters. The van der Waals surface area contributed by atoms with Crippen molar-refractivity contribution in [2.45, 2.75) is 25.5 Å². The number of methoxy groups -OCH3 is 2. The highest BCUT2D eigenvalue weighted by atomic mass is 16.5. The molecular formula is C15H22N2O7. The zero-order valence-corrected chi connectivity index (χ0v) is 13.9. The van der Waals surface area contributed by atoms with Crippen molar-refractivity contribution in [3.05, 3.63) is 12.2 Å². The molecule has 0 aromatic heterocycles. The molecule has 1 N–H and O–H groups in total. The number of carbonyl (C=O) groups is 4. The SMILES string of the molecule is COCCNC(=O)[C@@H]1C[C@@H](OC(=O)/C=C/C(=O)OC)CN1C(C)=O. The Labute approximate surface area is 139 Å². The van der Waals surface area contributed by atoms with E-state index in [0.29, 0.717) is 13.2 Å². The Morgan fingerprint density at radius 3 is 2.42 bits per heavy atom. The minimum atomic E-state index is -0.741. The largest absolute Gasteiger partial charge is 0.466 e. The maximum Gasteiger partial charge on any atom is 0.331 e. The normalized spacial score (nSPS) is 20.0. The lowest BCUT2D eigenvalue weighted by atomic mass is 10.2. The van der Waals surface area contributed by atoms with Crippen LogP contribution in [-0.2, 0) is 33.4 Å². The second-order valence-electron chi connectivity index (χ2n) is 5.12. The molecule has 1 saturated heterocycles. The van der Waals surface area contributed by atoms with Crippen LogP contribution >= 0.6 is 0 Å². The monoisotopic (exact) mass is 342 g/mol. The molecule has 24 heavy (non-hydrogen) atoms. The Balaban J connectivity index is 2.62. The summed E-state index contributed by atoms with van der Waals surface area (Å²) < 4.78 is 14.4. The summed E-state index contributed by atoms with van der Waals surface area (Å²) >= 11 is 0. The van der Waals surface area contributed by atoms with E-state index in [1.54, 1.807) is 0 Å². The minimum Gasteiger partial charge on any atom is -0.466 e. The average Bonchev–Trinajstić information content (AvgIpc) is 2.96. The third kappa shape index (κ3) is 5.99. The van der Waals surface area contributed by atoms with Gasteiger partial charge in [0.1, 0.15) is 12.1 Å². The summed E-state index contributed by atoms with van der Waals surface area (Å²) in [5.74, 6) is -2.04. The minimum absolute atomic E-state index is 0.121. The number of carbonyl (C=O) groups excluding carboxylic acids is 4. The van der Waals surface area contributed by atoms with E-state index in [2.05, 4.69) is 10.1 Å². The predicted molar refractivity (Wildman–Crippen MR) is 81.7 cm³/mol. The Bertz CT molecular complexity index is 518. The number of hydrogen-bond donors (Lipinski definition) is 1. The van der Waals surface area contributed by atoms with Gasteiger partial charge in [-0.3, -0.25) is 9.59 Å². The number of amides is 2. The maximum absolute atomic E-state index is 12.1. The van der Waals surface area contributed by atoms with Crippen molar-refractivity contribution in [2.75, 3.05) is 33.9 Å². The molecule has 0 unspecified atom stereocenters. The number of hydrogen-bond acceptors (Lipinski definition) is 7. The first kappa shape index (κ1) is 19.6. The molecule has 134 valence electrons. The van der Waals surface area contributed by atoms with E-state index >= 15 is 0 Å².